The average Bonchev–Trinajstić information content (AvgIpc) is 3.25. The van der Waals surface area contributed by atoms with E-state index in [-0.39, 0.29) is 12.4 Å². The van der Waals surface area contributed by atoms with Crippen LogP contribution < -0.4 is 4.74 Å². The number of hydrogen-bond acceptors (Lipinski definition) is 5. The predicted octanol–water partition coefficient (Wildman–Crippen LogP) is 6.23. The van der Waals surface area contributed by atoms with Gasteiger partial charge in [-0.25, -0.2) is 4.39 Å². The minimum absolute atomic E-state index is 0.250. The lowest BCUT2D eigenvalue weighted by Crippen LogP contribution is -2.48. The summed E-state index contributed by atoms with van der Waals surface area (Å²) >= 11 is 3.56. The molecule has 4 aromatic rings. The van der Waals surface area contributed by atoms with Gasteiger partial charge in [0.1, 0.15) is 18.2 Å². The molecule has 3 aromatic carbocycles. The van der Waals surface area contributed by atoms with Crippen LogP contribution in [0, 0.1) is 11.7 Å². The molecule has 1 aromatic heterocycles. The van der Waals surface area contributed by atoms with Gasteiger partial charge in [0.15, 0.2) is 5.92 Å². The Kier molecular flexibility index (Phi) is 6.30. The zero-order valence-electron chi connectivity index (χ0n) is 19.6. The Labute approximate surface area is 215 Å². The maximum Gasteiger partial charge on any atom is 0.324 e. The molecular formula is C28H23BrFNO5. The molecule has 1 N–H and O–H groups in total. The molecule has 0 radical (unpaired) electrons. The maximum atomic E-state index is 13.2. The number of halogens is 2. The van der Waals surface area contributed by atoms with E-state index in [4.69, 9.17) is 14.2 Å². The Balaban J connectivity index is 1.52. The molecule has 1 atom stereocenters. The van der Waals surface area contributed by atoms with Crippen molar-refractivity contribution in [3.8, 4) is 5.75 Å². The highest BCUT2D eigenvalue weighted by Crippen LogP contribution is 2.42. The van der Waals surface area contributed by atoms with Crippen LogP contribution in [0.25, 0.3) is 10.9 Å². The van der Waals surface area contributed by atoms with Crippen LogP contribution in [0.5, 0.6) is 5.75 Å². The number of aromatic amines is 1. The number of nitrogens with one attached hydrogen (secondary N) is 1. The third-order valence-electron chi connectivity index (χ3n) is 6.11. The monoisotopic (exact) mass is 551 g/mol. The van der Waals surface area contributed by atoms with Gasteiger partial charge in [0, 0.05) is 36.9 Å². The van der Waals surface area contributed by atoms with Crippen LogP contribution in [0.4, 0.5) is 4.39 Å². The largest absolute Gasteiger partial charge is 0.488 e. The third-order valence-corrected chi connectivity index (χ3v) is 6.73. The lowest BCUT2D eigenvalue weighted by molar-refractivity contribution is -0.240. The van der Waals surface area contributed by atoms with Gasteiger partial charge >= 0.3 is 11.9 Å². The summed E-state index contributed by atoms with van der Waals surface area (Å²) in [6.45, 7) is 3.31. The first-order valence-electron chi connectivity index (χ1n) is 11.4. The van der Waals surface area contributed by atoms with Gasteiger partial charge in [-0.3, -0.25) is 9.59 Å². The molecule has 0 saturated carbocycles. The summed E-state index contributed by atoms with van der Waals surface area (Å²) in [6.07, 6.45) is 1.81. The van der Waals surface area contributed by atoms with Crippen molar-refractivity contribution in [1.29, 1.82) is 0 Å². The molecule has 0 bridgehead atoms. The van der Waals surface area contributed by atoms with E-state index in [1.807, 2.05) is 42.6 Å². The lowest BCUT2D eigenvalue weighted by Gasteiger charge is -2.36. The molecule has 1 fully saturated rings. The highest BCUT2D eigenvalue weighted by atomic mass is 79.9. The zero-order valence-corrected chi connectivity index (χ0v) is 21.2. The topological polar surface area (TPSA) is 77.6 Å². The zero-order chi connectivity index (χ0) is 25.4. The van der Waals surface area contributed by atoms with Crippen molar-refractivity contribution in [3.63, 3.8) is 0 Å². The number of fused-ring (bicyclic) bond motifs is 1. The molecule has 0 unspecified atom stereocenters. The highest BCUT2D eigenvalue weighted by molar-refractivity contribution is 9.10. The Bertz CT molecular complexity index is 1430. The fourth-order valence-corrected chi connectivity index (χ4v) is 4.98. The Morgan fingerprint density at radius 2 is 1.72 bits per heavy atom. The minimum atomic E-state index is -1.33. The first kappa shape index (κ1) is 24.1. The quantitative estimate of drug-likeness (QED) is 0.227. The number of aromatic nitrogens is 1. The van der Waals surface area contributed by atoms with E-state index >= 15 is 0 Å². The first-order valence-corrected chi connectivity index (χ1v) is 12.2. The summed E-state index contributed by atoms with van der Waals surface area (Å²) < 4.78 is 30.7. The molecule has 36 heavy (non-hydrogen) atoms. The van der Waals surface area contributed by atoms with E-state index in [9.17, 15) is 14.0 Å². The van der Waals surface area contributed by atoms with E-state index in [0.717, 1.165) is 22.0 Å². The van der Waals surface area contributed by atoms with Gasteiger partial charge in [0.2, 0.25) is 0 Å². The van der Waals surface area contributed by atoms with Crippen LogP contribution in [0.15, 0.2) is 77.4 Å². The minimum Gasteiger partial charge on any atom is -0.488 e. The molecule has 8 heteroatoms. The number of para-hydroxylation sites is 1. The lowest BCUT2D eigenvalue weighted by atomic mass is 9.80. The number of H-pyrrole nitrogens is 1. The van der Waals surface area contributed by atoms with Crippen LogP contribution in [-0.4, -0.2) is 22.7 Å². The Morgan fingerprint density at radius 3 is 2.42 bits per heavy atom. The molecule has 0 aliphatic carbocycles. The molecule has 0 amide bonds. The summed E-state index contributed by atoms with van der Waals surface area (Å²) in [6, 6.07) is 19.2. The molecule has 184 valence electrons. The summed E-state index contributed by atoms with van der Waals surface area (Å²) in [5, 5.41) is 0.890. The fourth-order valence-electron chi connectivity index (χ4n) is 4.47. The normalized spacial score (nSPS) is 16.4. The van der Waals surface area contributed by atoms with Crippen molar-refractivity contribution >= 4 is 38.8 Å². The number of rotatable bonds is 6. The third kappa shape index (κ3) is 4.73. The van der Waals surface area contributed by atoms with Gasteiger partial charge in [-0.15, -0.1) is 0 Å². The van der Waals surface area contributed by atoms with Gasteiger partial charge in [-0.05, 0) is 63.0 Å². The molecule has 1 aliphatic rings. The van der Waals surface area contributed by atoms with Crippen LogP contribution in [0.3, 0.4) is 0 Å². The van der Waals surface area contributed by atoms with Crippen LogP contribution in [0.1, 0.15) is 36.5 Å². The van der Waals surface area contributed by atoms with Crippen molar-refractivity contribution in [2.75, 3.05) is 0 Å². The summed E-state index contributed by atoms with van der Waals surface area (Å²) in [7, 11) is 0. The van der Waals surface area contributed by atoms with E-state index < -0.39 is 29.6 Å². The standard InChI is InChI=1S/C28H23BrFNO5/c1-28(2)35-26(32)25(27(33)36-28)24(20-14-31-22-6-4-3-5-19(20)22)17-9-12-23(21(29)13-17)34-15-16-7-10-18(30)11-8-16/h3-14,24-25,31H,15H2,1-2H3/t24-/m1/s1. The number of carbonyl (C=O) groups excluding carboxylic acids is 2. The fraction of sp³-hybridized carbons (Fsp3) is 0.214. The second-order valence-electron chi connectivity index (χ2n) is 9.09. The molecular weight excluding hydrogens is 529 g/mol. The SMILES string of the molecule is CC1(C)OC(=O)C([C@H](c2ccc(OCc3ccc(F)cc3)c(Br)c2)c2c[nH]c3ccccc23)C(=O)O1. The van der Waals surface area contributed by atoms with Gasteiger partial charge in [-0.1, -0.05) is 36.4 Å². The van der Waals surface area contributed by atoms with Crippen LogP contribution in [0.2, 0.25) is 0 Å². The highest BCUT2D eigenvalue weighted by Gasteiger charge is 2.48. The van der Waals surface area contributed by atoms with E-state index in [1.54, 1.807) is 18.2 Å². The van der Waals surface area contributed by atoms with Crippen molar-refractivity contribution in [3.05, 3.63) is 99.9 Å². The second kappa shape index (κ2) is 9.43. The number of carbonyl (C=O) groups is 2. The second-order valence-corrected chi connectivity index (χ2v) is 9.95. The van der Waals surface area contributed by atoms with Gasteiger partial charge < -0.3 is 19.2 Å². The van der Waals surface area contributed by atoms with Gasteiger partial charge in [-0.2, -0.15) is 0 Å². The number of hydrogen-bond donors (Lipinski definition) is 1. The summed E-state index contributed by atoms with van der Waals surface area (Å²) in [4.78, 5) is 29.4. The van der Waals surface area contributed by atoms with Gasteiger partial charge in [0.05, 0.1) is 4.47 Å². The molecule has 1 aliphatic heterocycles. The van der Waals surface area contributed by atoms with Crippen LogP contribution >= 0.6 is 15.9 Å². The van der Waals surface area contributed by atoms with Crippen LogP contribution in [-0.2, 0) is 25.7 Å². The summed E-state index contributed by atoms with van der Waals surface area (Å²) in [5.41, 5.74) is 3.18. The Morgan fingerprint density at radius 1 is 1.03 bits per heavy atom. The van der Waals surface area contributed by atoms with Crippen molar-refractivity contribution in [2.24, 2.45) is 5.92 Å². The van der Waals surface area contributed by atoms with E-state index in [1.165, 1.54) is 26.0 Å². The van der Waals surface area contributed by atoms with Crippen molar-refractivity contribution in [2.45, 2.75) is 32.2 Å². The van der Waals surface area contributed by atoms with E-state index in [0.29, 0.717) is 15.8 Å². The Hall–Kier alpha value is -3.65. The van der Waals surface area contributed by atoms with Crippen molar-refractivity contribution in [1.82, 2.24) is 4.98 Å². The predicted molar refractivity (Wildman–Crippen MR) is 135 cm³/mol. The number of ether oxygens (including phenoxy) is 3. The average molecular weight is 552 g/mol. The summed E-state index contributed by atoms with van der Waals surface area (Å²) in [5.74, 6) is -4.20. The smallest absolute Gasteiger partial charge is 0.324 e. The first-order chi connectivity index (χ1) is 17.2. The maximum absolute atomic E-state index is 13.2. The molecule has 5 rings (SSSR count). The number of esters is 2. The molecule has 0 spiro atoms. The van der Waals surface area contributed by atoms with E-state index in [2.05, 4.69) is 20.9 Å². The van der Waals surface area contributed by atoms with Crippen molar-refractivity contribution < 1.29 is 28.2 Å². The molecule has 6 nitrogen and oxygen atoms in total. The molecule has 1 saturated heterocycles. The number of cyclic esters (lactones) is 2. The van der Waals surface area contributed by atoms with Gasteiger partial charge in [0.25, 0.3) is 5.79 Å². The molecule has 2 heterocycles. The number of benzene rings is 3.